The maximum atomic E-state index is 11.8. The van der Waals surface area contributed by atoms with Gasteiger partial charge in [0.15, 0.2) is 0 Å². The van der Waals surface area contributed by atoms with Crippen LogP contribution in [0.5, 0.6) is 0 Å². The van der Waals surface area contributed by atoms with Crippen molar-refractivity contribution in [3.8, 4) is 0 Å². The van der Waals surface area contributed by atoms with E-state index in [9.17, 15) is 8.42 Å². The van der Waals surface area contributed by atoms with E-state index in [0.717, 1.165) is 5.41 Å². The number of benzene rings is 1. The predicted octanol–water partition coefficient (Wildman–Crippen LogP) is 1.20. The van der Waals surface area contributed by atoms with E-state index >= 15 is 0 Å². The second-order valence-electron chi connectivity index (χ2n) is 3.30. The molecular weight excluding hydrogens is 248 g/mol. The first-order valence-corrected chi connectivity index (χ1v) is 5.93. The van der Waals surface area contributed by atoms with Gasteiger partial charge in [0, 0.05) is 14.1 Å². The third kappa shape index (κ3) is 3.75. The van der Waals surface area contributed by atoms with Crippen molar-refractivity contribution in [3.63, 3.8) is 0 Å². The summed E-state index contributed by atoms with van der Waals surface area (Å²) in [7, 11) is -0.0595. The maximum absolute atomic E-state index is 11.8. The largest absolute Gasteiger partial charge is 0.385 e. The van der Waals surface area contributed by atoms with Crippen LogP contribution in [0.4, 0.5) is 0 Å². The summed E-state index contributed by atoms with van der Waals surface area (Å²) >= 11 is 0. The van der Waals surface area contributed by atoms with Crippen molar-refractivity contribution >= 4 is 22.2 Å². The molecule has 16 heavy (non-hydrogen) atoms. The van der Waals surface area contributed by atoms with Gasteiger partial charge in [-0.3, -0.25) is 0 Å². The van der Waals surface area contributed by atoms with E-state index in [1.165, 1.54) is 12.1 Å². The first kappa shape index (κ1) is 14.8. The van der Waals surface area contributed by atoms with Crippen LogP contribution >= 0.6 is 12.4 Å². The lowest BCUT2D eigenvalue weighted by molar-refractivity contribution is 0.506. The highest BCUT2D eigenvalue weighted by Crippen LogP contribution is 2.12. The van der Waals surface area contributed by atoms with E-state index in [0.29, 0.717) is 0 Å². The highest BCUT2D eigenvalue weighted by Gasteiger charge is 2.11. The normalized spacial score (nSPS) is 11.8. The Morgan fingerprint density at radius 3 is 2.19 bits per heavy atom. The number of halogens is 1. The monoisotopic (exact) mass is 262 g/mol. The molecule has 0 aliphatic rings. The smallest absolute Gasteiger partial charge is 0.203 e. The van der Waals surface area contributed by atoms with Crippen molar-refractivity contribution in [1.82, 2.24) is 4.90 Å². The van der Waals surface area contributed by atoms with E-state index in [4.69, 9.17) is 5.73 Å². The number of sulfone groups is 1. The fourth-order valence-electron chi connectivity index (χ4n) is 0.943. The molecule has 1 rings (SSSR count). The fraction of sp³-hybridized carbons (Fsp3) is 0.200. The first-order valence-electron chi connectivity index (χ1n) is 4.38. The summed E-state index contributed by atoms with van der Waals surface area (Å²) in [5, 5.41) is 1.06. The second kappa shape index (κ2) is 5.77. The molecule has 0 radical (unpaired) electrons. The molecular formula is C10H15ClN2O2S. The van der Waals surface area contributed by atoms with E-state index in [1.807, 2.05) is 0 Å². The molecule has 0 saturated carbocycles. The topological polar surface area (TPSA) is 63.4 Å². The van der Waals surface area contributed by atoms with Crippen LogP contribution in [0.15, 0.2) is 46.5 Å². The summed E-state index contributed by atoms with van der Waals surface area (Å²) in [4.78, 5) is 1.79. The van der Waals surface area contributed by atoms with Crippen LogP contribution in [0.3, 0.4) is 0 Å². The molecule has 0 aliphatic carbocycles. The summed E-state index contributed by atoms with van der Waals surface area (Å²) in [6.45, 7) is 0. The minimum atomic E-state index is -3.43. The van der Waals surface area contributed by atoms with Crippen LogP contribution in [0.1, 0.15) is 0 Å². The molecule has 0 heterocycles. The zero-order valence-electron chi connectivity index (χ0n) is 9.12. The predicted molar refractivity (Wildman–Crippen MR) is 66.8 cm³/mol. The Hall–Kier alpha value is -1.20. The molecule has 4 nitrogen and oxygen atoms in total. The second-order valence-corrected chi connectivity index (χ2v) is 5.09. The Kier molecular flexibility index (Phi) is 5.33. The number of rotatable bonds is 3. The van der Waals surface area contributed by atoms with E-state index in [-0.39, 0.29) is 23.1 Å². The summed E-state index contributed by atoms with van der Waals surface area (Å²) in [6.07, 6.45) is 0. The minimum absolute atomic E-state index is 0. The third-order valence-electron chi connectivity index (χ3n) is 1.86. The average Bonchev–Trinajstić information content (AvgIpc) is 2.18. The van der Waals surface area contributed by atoms with Gasteiger partial charge in [-0.15, -0.1) is 12.4 Å². The molecule has 90 valence electrons. The third-order valence-corrected chi connectivity index (χ3v) is 3.35. The lowest BCUT2D eigenvalue weighted by atomic mass is 10.4. The van der Waals surface area contributed by atoms with Crippen molar-refractivity contribution in [3.05, 3.63) is 41.6 Å². The Bertz CT molecular complexity index is 455. The molecule has 0 unspecified atom stereocenters. The molecule has 1 aromatic carbocycles. The summed E-state index contributed by atoms with van der Waals surface area (Å²) in [6, 6.07) is 8.18. The molecule has 1 aromatic rings. The SMILES string of the molecule is CN(C)C(N)=CS(=O)(=O)c1ccccc1.Cl. The molecule has 2 N–H and O–H groups in total. The van der Waals surface area contributed by atoms with Gasteiger partial charge in [0.2, 0.25) is 9.84 Å². The molecule has 0 amide bonds. The van der Waals surface area contributed by atoms with Gasteiger partial charge in [-0.1, -0.05) is 18.2 Å². The van der Waals surface area contributed by atoms with Crippen LogP contribution in [0.25, 0.3) is 0 Å². The Balaban J connectivity index is 0.00000225. The first-order chi connectivity index (χ1) is 6.93. The minimum Gasteiger partial charge on any atom is -0.385 e. The molecule has 0 atom stereocenters. The van der Waals surface area contributed by atoms with Crippen molar-refractivity contribution in [1.29, 1.82) is 0 Å². The Morgan fingerprint density at radius 2 is 1.75 bits per heavy atom. The summed E-state index contributed by atoms with van der Waals surface area (Å²) < 4.78 is 23.5. The fourth-order valence-corrected chi connectivity index (χ4v) is 2.14. The molecule has 0 fully saturated rings. The highest BCUT2D eigenvalue weighted by molar-refractivity contribution is 7.94. The van der Waals surface area contributed by atoms with Gasteiger partial charge in [-0.25, -0.2) is 8.42 Å². The molecule has 6 heteroatoms. The van der Waals surface area contributed by atoms with Crippen LogP contribution < -0.4 is 5.73 Å². The summed E-state index contributed by atoms with van der Waals surface area (Å²) in [5.41, 5.74) is 5.55. The Morgan fingerprint density at radius 1 is 1.25 bits per heavy atom. The summed E-state index contributed by atoms with van der Waals surface area (Å²) in [5.74, 6) is 0.207. The van der Waals surface area contributed by atoms with Crippen LogP contribution in [0.2, 0.25) is 0 Å². The zero-order valence-corrected chi connectivity index (χ0v) is 10.8. The maximum Gasteiger partial charge on any atom is 0.203 e. The van der Waals surface area contributed by atoms with Gasteiger partial charge in [0.1, 0.15) is 5.82 Å². The van der Waals surface area contributed by atoms with Crippen LogP contribution in [-0.2, 0) is 9.84 Å². The number of hydrogen-bond acceptors (Lipinski definition) is 4. The van der Waals surface area contributed by atoms with Gasteiger partial charge in [-0.05, 0) is 12.1 Å². The van der Waals surface area contributed by atoms with Gasteiger partial charge in [-0.2, -0.15) is 0 Å². The van der Waals surface area contributed by atoms with Crippen molar-refractivity contribution in [2.45, 2.75) is 4.90 Å². The van der Waals surface area contributed by atoms with Crippen molar-refractivity contribution < 1.29 is 8.42 Å². The van der Waals surface area contributed by atoms with E-state index in [1.54, 1.807) is 37.2 Å². The quantitative estimate of drug-likeness (QED) is 0.889. The Labute approximate surface area is 102 Å². The number of nitrogens with zero attached hydrogens (tertiary/aromatic N) is 1. The van der Waals surface area contributed by atoms with Crippen LogP contribution in [-0.4, -0.2) is 27.4 Å². The van der Waals surface area contributed by atoms with Gasteiger partial charge < -0.3 is 10.6 Å². The van der Waals surface area contributed by atoms with E-state index in [2.05, 4.69) is 0 Å². The molecule has 0 saturated heterocycles. The van der Waals surface area contributed by atoms with Crippen LogP contribution in [0, 0.1) is 0 Å². The zero-order chi connectivity index (χ0) is 11.5. The van der Waals surface area contributed by atoms with Crippen molar-refractivity contribution in [2.75, 3.05) is 14.1 Å². The molecule has 0 bridgehead atoms. The van der Waals surface area contributed by atoms with Gasteiger partial charge in [0.25, 0.3) is 0 Å². The molecule has 0 aliphatic heterocycles. The lowest BCUT2D eigenvalue weighted by Gasteiger charge is -2.11. The highest BCUT2D eigenvalue weighted by atomic mass is 35.5. The van der Waals surface area contributed by atoms with Gasteiger partial charge in [0.05, 0.1) is 10.3 Å². The van der Waals surface area contributed by atoms with Crippen molar-refractivity contribution in [2.24, 2.45) is 5.73 Å². The molecule has 0 spiro atoms. The molecule has 0 aromatic heterocycles. The van der Waals surface area contributed by atoms with Gasteiger partial charge >= 0.3 is 0 Å². The lowest BCUT2D eigenvalue weighted by Crippen LogP contribution is -2.19. The van der Waals surface area contributed by atoms with E-state index < -0.39 is 9.84 Å². The standard InChI is InChI=1S/C10H14N2O2S.ClH/c1-12(2)10(11)8-15(13,14)9-6-4-3-5-7-9;/h3-8H,11H2,1-2H3;1H. The average molecular weight is 263 g/mol. The number of nitrogens with two attached hydrogens (primary N) is 1. The number of hydrogen-bond donors (Lipinski definition) is 1.